The van der Waals surface area contributed by atoms with E-state index in [0.29, 0.717) is 18.0 Å². The lowest BCUT2D eigenvalue weighted by atomic mass is 10.1. The van der Waals surface area contributed by atoms with Gasteiger partial charge in [0.05, 0.1) is 5.56 Å². The zero-order valence-corrected chi connectivity index (χ0v) is 9.52. The Hall–Kier alpha value is -1.42. The average molecular weight is 222 g/mol. The second-order valence-electron chi connectivity index (χ2n) is 3.93. The first-order valence-electron chi connectivity index (χ1n) is 5.53. The first-order valence-corrected chi connectivity index (χ1v) is 5.53. The highest BCUT2D eigenvalue weighted by atomic mass is 16.3. The summed E-state index contributed by atoms with van der Waals surface area (Å²) in [6.45, 7) is 2.83. The number of carbonyl (C=O) groups excluding carboxylic acids is 1. The van der Waals surface area contributed by atoms with Gasteiger partial charge in [-0.15, -0.1) is 0 Å². The molecule has 88 valence electrons. The minimum absolute atomic E-state index is 0.0928. The molecule has 0 aliphatic heterocycles. The minimum Gasteiger partial charge on any atom is -0.396 e. The molecule has 0 fully saturated rings. The molecular formula is C12H18N2O2. The minimum atomic E-state index is -0.0928. The van der Waals surface area contributed by atoms with Crippen molar-refractivity contribution in [2.45, 2.75) is 19.8 Å². The van der Waals surface area contributed by atoms with Gasteiger partial charge in [-0.3, -0.25) is 9.78 Å². The quantitative estimate of drug-likeness (QED) is 0.711. The zero-order chi connectivity index (χ0) is 11.8. The summed E-state index contributed by atoms with van der Waals surface area (Å²) in [5.41, 5.74) is 0.581. The summed E-state index contributed by atoms with van der Waals surface area (Å²) in [7, 11) is 0. The SMILES string of the molecule is CC(CO)CCCNC(=O)c1cccnc1. The molecule has 2 N–H and O–H groups in total. The van der Waals surface area contributed by atoms with Gasteiger partial charge in [-0.1, -0.05) is 6.92 Å². The first-order chi connectivity index (χ1) is 7.74. The van der Waals surface area contributed by atoms with E-state index in [9.17, 15) is 4.79 Å². The van der Waals surface area contributed by atoms with Crippen LogP contribution in [0.4, 0.5) is 0 Å². The standard InChI is InChI=1S/C12H18N2O2/c1-10(9-15)4-2-7-14-12(16)11-5-3-6-13-8-11/h3,5-6,8,10,15H,2,4,7,9H2,1H3,(H,14,16). The van der Waals surface area contributed by atoms with Crippen LogP contribution in [0.3, 0.4) is 0 Å². The number of hydrogen-bond donors (Lipinski definition) is 2. The highest BCUT2D eigenvalue weighted by molar-refractivity contribution is 5.93. The van der Waals surface area contributed by atoms with Crippen molar-refractivity contribution < 1.29 is 9.90 Å². The molecule has 0 saturated heterocycles. The molecule has 0 radical (unpaired) electrons. The fraction of sp³-hybridized carbons (Fsp3) is 0.500. The number of aliphatic hydroxyl groups excluding tert-OH is 1. The third-order valence-electron chi connectivity index (χ3n) is 2.39. The van der Waals surface area contributed by atoms with E-state index in [2.05, 4.69) is 10.3 Å². The van der Waals surface area contributed by atoms with E-state index < -0.39 is 0 Å². The molecule has 4 nitrogen and oxygen atoms in total. The summed E-state index contributed by atoms with van der Waals surface area (Å²) >= 11 is 0. The van der Waals surface area contributed by atoms with E-state index in [-0.39, 0.29) is 12.5 Å². The van der Waals surface area contributed by atoms with Crippen LogP contribution in [-0.2, 0) is 0 Å². The fourth-order valence-electron chi connectivity index (χ4n) is 1.34. The predicted octanol–water partition coefficient (Wildman–Crippen LogP) is 1.22. The van der Waals surface area contributed by atoms with Crippen LogP contribution in [0, 0.1) is 5.92 Å². The van der Waals surface area contributed by atoms with Gasteiger partial charge >= 0.3 is 0 Å². The number of nitrogens with zero attached hydrogens (tertiary/aromatic N) is 1. The Morgan fingerprint density at radius 1 is 1.62 bits per heavy atom. The lowest BCUT2D eigenvalue weighted by Gasteiger charge is -2.08. The van der Waals surface area contributed by atoms with E-state index in [1.54, 1.807) is 24.5 Å². The summed E-state index contributed by atoms with van der Waals surface area (Å²) in [5.74, 6) is 0.208. The van der Waals surface area contributed by atoms with Crippen molar-refractivity contribution in [2.24, 2.45) is 5.92 Å². The van der Waals surface area contributed by atoms with Crippen LogP contribution in [0.2, 0.25) is 0 Å². The summed E-state index contributed by atoms with van der Waals surface area (Å²) in [4.78, 5) is 15.4. The maximum absolute atomic E-state index is 11.6. The predicted molar refractivity (Wildman–Crippen MR) is 62.1 cm³/mol. The maximum atomic E-state index is 11.6. The highest BCUT2D eigenvalue weighted by Gasteiger charge is 2.04. The molecule has 16 heavy (non-hydrogen) atoms. The van der Waals surface area contributed by atoms with E-state index in [1.165, 1.54) is 0 Å². The number of pyridine rings is 1. The summed E-state index contributed by atoms with van der Waals surface area (Å²) in [6.07, 6.45) is 4.99. The van der Waals surface area contributed by atoms with Crippen LogP contribution in [0.15, 0.2) is 24.5 Å². The smallest absolute Gasteiger partial charge is 0.252 e. The number of carbonyl (C=O) groups is 1. The summed E-state index contributed by atoms with van der Waals surface area (Å²) < 4.78 is 0. The molecule has 1 atom stereocenters. The van der Waals surface area contributed by atoms with Gasteiger partial charge in [-0.25, -0.2) is 0 Å². The third-order valence-corrected chi connectivity index (χ3v) is 2.39. The van der Waals surface area contributed by atoms with Gasteiger partial charge in [0.15, 0.2) is 0 Å². The van der Waals surface area contributed by atoms with Crippen LogP contribution in [0.25, 0.3) is 0 Å². The second kappa shape index (κ2) is 6.95. The molecule has 0 aliphatic rings. The Morgan fingerprint density at radius 3 is 3.06 bits per heavy atom. The molecule has 1 aromatic heterocycles. The first kappa shape index (κ1) is 12.6. The monoisotopic (exact) mass is 222 g/mol. The number of rotatable bonds is 6. The number of hydrogen-bond acceptors (Lipinski definition) is 3. The molecular weight excluding hydrogens is 204 g/mol. The number of nitrogens with one attached hydrogen (secondary N) is 1. The molecule has 1 rings (SSSR count). The maximum Gasteiger partial charge on any atom is 0.252 e. The van der Waals surface area contributed by atoms with E-state index in [1.807, 2.05) is 6.92 Å². The van der Waals surface area contributed by atoms with Crippen molar-refractivity contribution in [1.82, 2.24) is 10.3 Å². The molecule has 0 aliphatic carbocycles. The highest BCUT2D eigenvalue weighted by Crippen LogP contribution is 2.03. The average Bonchev–Trinajstić information content (AvgIpc) is 2.35. The van der Waals surface area contributed by atoms with Crippen molar-refractivity contribution in [3.63, 3.8) is 0 Å². The van der Waals surface area contributed by atoms with Gasteiger partial charge < -0.3 is 10.4 Å². The van der Waals surface area contributed by atoms with Crippen LogP contribution in [0.1, 0.15) is 30.1 Å². The Morgan fingerprint density at radius 2 is 2.44 bits per heavy atom. The second-order valence-corrected chi connectivity index (χ2v) is 3.93. The van der Waals surface area contributed by atoms with Gasteiger partial charge in [0.1, 0.15) is 0 Å². The van der Waals surface area contributed by atoms with Gasteiger partial charge in [0.2, 0.25) is 0 Å². The summed E-state index contributed by atoms with van der Waals surface area (Å²) in [5, 5.41) is 11.6. The number of aromatic nitrogens is 1. The van der Waals surface area contributed by atoms with E-state index in [4.69, 9.17) is 5.11 Å². The normalized spacial score (nSPS) is 12.1. The molecule has 0 bridgehead atoms. The Balaban J connectivity index is 2.21. The zero-order valence-electron chi connectivity index (χ0n) is 9.52. The van der Waals surface area contributed by atoms with Crippen LogP contribution in [-0.4, -0.2) is 29.1 Å². The molecule has 0 spiro atoms. The molecule has 1 amide bonds. The molecule has 1 aromatic rings. The van der Waals surface area contributed by atoms with Crippen molar-refractivity contribution >= 4 is 5.91 Å². The lowest BCUT2D eigenvalue weighted by molar-refractivity contribution is 0.0951. The molecule has 0 saturated carbocycles. The van der Waals surface area contributed by atoms with Crippen molar-refractivity contribution in [3.8, 4) is 0 Å². The largest absolute Gasteiger partial charge is 0.396 e. The van der Waals surface area contributed by atoms with E-state index >= 15 is 0 Å². The summed E-state index contributed by atoms with van der Waals surface area (Å²) in [6, 6.07) is 3.47. The van der Waals surface area contributed by atoms with Gasteiger partial charge in [-0.2, -0.15) is 0 Å². The van der Waals surface area contributed by atoms with Crippen molar-refractivity contribution in [3.05, 3.63) is 30.1 Å². The lowest BCUT2D eigenvalue weighted by Crippen LogP contribution is -2.24. The van der Waals surface area contributed by atoms with Crippen molar-refractivity contribution in [2.75, 3.05) is 13.2 Å². The molecule has 0 aromatic carbocycles. The van der Waals surface area contributed by atoms with Gasteiger partial charge in [0.25, 0.3) is 5.91 Å². The van der Waals surface area contributed by atoms with E-state index in [0.717, 1.165) is 12.8 Å². The Bertz CT molecular complexity index is 314. The van der Waals surface area contributed by atoms with Crippen LogP contribution in [0.5, 0.6) is 0 Å². The fourth-order valence-corrected chi connectivity index (χ4v) is 1.34. The molecule has 4 heteroatoms. The topological polar surface area (TPSA) is 62.2 Å². The Labute approximate surface area is 95.7 Å². The number of amides is 1. The van der Waals surface area contributed by atoms with Crippen LogP contribution >= 0.6 is 0 Å². The van der Waals surface area contributed by atoms with Gasteiger partial charge in [0, 0.05) is 25.5 Å². The Kier molecular flexibility index (Phi) is 5.50. The molecule has 1 unspecified atom stereocenters. The third kappa shape index (κ3) is 4.40. The van der Waals surface area contributed by atoms with Crippen LogP contribution < -0.4 is 5.32 Å². The molecule has 1 heterocycles. The van der Waals surface area contributed by atoms with Crippen molar-refractivity contribution in [1.29, 1.82) is 0 Å². The van der Waals surface area contributed by atoms with Gasteiger partial charge in [-0.05, 0) is 30.9 Å². The number of aliphatic hydroxyl groups is 1.